The molecule has 0 radical (unpaired) electrons. The predicted octanol–water partition coefficient (Wildman–Crippen LogP) is 4.47. The largest absolute Gasteiger partial charge is 0.508 e. The molecule has 0 heterocycles. The van der Waals surface area contributed by atoms with Crippen molar-refractivity contribution in [3.05, 3.63) is 54.1 Å². The summed E-state index contributed by atoms with van der Waals surface area (Å²) in [7, 11) is 1.66. The molecule has 0 aromatic heterocycles. The van der Waals surface area contributed by atoms with Crippen LogP contribution in [0.3, 0.4) is 0 Å². The zero-order chi connectivity index (χ0) is 18.8. The van der Waals surface area contributed by atoms with E-state index in [1.807, 2.05) is 42.5 Å². The van der Waals surface area contributed by atoms with Crippen molar-refractivity contribution in [3.63, 3.8) is 0 Å². The summed E-state index contributed by atoms with van der Waals surface area (Å²) < 4.78 is 5.28. The first-order chi connectivity index (χ1) is 13.1. The summed E-state index contributed by atoms with van der Waals surface area (Å²) in [5, 5.41) is 14.6. The number of benzene rings is 2. The maximum absolute atomic E-state index is 10.2. The molecule has 2 saturated carbocycles. The summed E-state index contributed by atoms with van der Waals surface area (Å²) in [5.74, 6) is 2.71. The van der Waals surface area contributed by atoms with Crippen molar-refractivity contribution < 1.29 is 9.84 Å². The van der Waals surface area contributed by atoms with Gasteiger partial charge in [0.05, 0.1) is 13.7 Å². The summed E-state index contributed by atoms with van der Waals surface area (Å²) in [4.78, 5) is 2.07. The Balaban J connectivity index is 1.56. The van der Waals surface area contributed by atoms with E-state index in [2.05, 4.69) is 10.2 Å². The van der Waals surface area contributed by atoms with Gasteiger partial charge < -0.3 is 20.1 Å². The van der Waals surface area contributed by atoms with Crippen molar-refractivity contribution in [1.29, 1.82) is 0 Å². The van der Waals surface area contributed by atoms with Crippen LogP contribution in [0, 0.1) is 11.8 Å². The smallest absolute Gasteiger partial charge is 0.174 e. The summed E-state index contributed by atoms with van der Waals surface area (Å²) in [6.45, 7) is 0.519. The summed E-state index contributed by atoms with van der Waals surface area (Å²) in [5.41, 5.74) is 1.84. The Morgan fingerprint density at radius 3 is 2.56 bits per heavy atom. The van der Waals surface area contributed by atoms with Crippen LogP contribution < -0.4 is 15.0 Å². The van der Waals surface area contributed by atoms with E-state index in [1.54, 1.807) is 13.2 Å². The van der Waals surface area contributed by atoms with Crippen molar-refractivity contribution in [2.24, 2.45) is 11.8 Å². The van der Waals surface area contributed by atoms with Crippen molar-refractivity contribution in [2.45, 2.75) is 38.3 Å². The maximum atomic E-state index is 10.2. The van der Waals surface area contributed by atoms with E-state index in [4.69, 9.17) is 17.0 Å². The fraction of sp³-hybridized carbons (Fsp3) is 0.409. The van der Waals surface area contributed by atoms with Gasteiger partial charge in [-0.05, 0) is 73.6 Å². The zero-order valence-electron chi connectivity index (χ0n) is 15.6. The second kappa shape index (κ2) is 7.77. The van der Waals surface area contributed by atoms with Gasteiger partial charge >= 0.3 is 0 Å². The molecule has 3 atom stereocenters. The Labute approximate surface area is 166 Å². The lowest BCUT2D eigenvalue weighted by atomic mass is 9.95. The van der Waals surface area contributed by atoms with Gasteiger partial charge in [0.15, 0.2) is 5.11 Å². The molecule has 4 rings (SSSR count). The predicted molar refractivity (Wildman–Crippen MR) is 112 cm³/mol. The van der Waals surface area contributed by atoms with Crippen LogP contribution in [0.2, 0.25) is 0 Å². The van der Waals surface area contributed by atoms with E-state index in [1.165, 1.54) is 25.7 Å². The molecule has 0 aliphatic heterocycles. The molecule has 27 heavy (non-hydrogen) atoms. The molecule has 2 fully saturated rings. The average molecular weight is 383 g/mol. The first-order valence-corrected chi connectivity index (χ1v) is 10.0. The van der Waals surface area contributed by atoms with Gasteiger partial charge in [-0.25, -0.2) is 0 Å². The molecule has 5 heteroatoms. The number of hydrogen-bond donors (Lipinski definition) is 2. The number of phenols is 1. The second-order valence-electron chi connectivity index (χ2n) is 7.64. The highest BCUT2D eigenvalue weighted by molar-refractivity contribution is 7.80. The number of nitrogens with zero attached hydrogens (tertiary/aromatic N) is 1. The van der Waals surface area contributed by atoms with E-state index < -0.39 is 0 Å². The lowest BCUT2D eigenvalue weighted by Crippen LogP contribution is -2.46. The SMILES string of the molecule is COc1ccc(N(Cc2ccccc2O)C(=S)NC2CC3CCC2C3)cc1. The van der Waals surface area contributed by atoms with Crippen molar-refractivity contribution in [2.75, 3.05) is 12.0 Å². The number of hydrogen-bond acceptors (Lipinski definition) is 3. The van der Waals surface area contributed by atoms with Gasteiger partial charge in [0, 0.05) is 17.3 Å². The Hall–Kier alpha value is -2.27. The number of phenolic OH excluding ortho intramolecular Hbond substituents is 1. The third-order valence-corrected chi connectivity index (χ3v) is 6.33. The Bertz CT molecular complexity index is 808. The number of rotatable bonds is 5. The highest BCUT2D eigenvalue weighted by Crippen LogP contribution is 2.44. The Kier molecular flexibility index (Phi) is 5.21. The number of fused-ring (bicyclic) bond motifs is 2. The fourth-order valence-corrected chi connectivity index (χ4v) is 4.84. The van der Waals surface area contributed by atoms with Crippen molar-refractivity contribution in [1.82, 2.24) is 5.32 Å². The minimum atomic E-state index is 0.290. The van der Waals surface area contributed by atoms with Gasteiger partial charge in [0.1, 0.15) is 11.5 Å². The average Bonchev–Trinajstić information content (AvgIpc) is 3.30. The van der Waals surface area contributed by atoms with Crippen LogP contribution in [0.5, 0.6) is 11.5 Å². The minimum absolute atomic E-state index is 0.290. The molecule has 142 valence electrons. The lowest BCUT2D eigenvalue weighted by Gasteiger charge is -2.31. The van der Waals surface area contributed by atoms with Crippen LogP contribution in [-0.4, -0.2) is 23.4 Å². The third-order valence-electron chi connectivity index (χ3n) is 6.00. The molecular formula is C22H26N2O2S. The van der Waals surface area contributed by atoms with E-state index >= 15 is 0 Å². The van der Waals surface area contributed by atoms with Crippen LogP contribution in [0.4, 0.5) is 5.69 Å². The molecule has 2 aliphatic carbocycles. The maximum Gasteiger partial charge on any atom is 0.174 e. The number of para-hydroxylation sites is 1. The van der Waals surface area contributed by atoms with Crippen LogP contribution in [0.15, 0.2) is 48.5 Å². The van der Waals surface area contributed by atoms with Crippen LogP contribution in [0.1, 0.15) is 31.2 Å². The topological polar surface area (TPSA) is 44.7 Å². The van der Waals surface area contributed by atoms with Crippen LogP contribution >= 0.6 is 12.2 Å². The van der Waals surface area contributed by atoms with E-state index in [-0.39, 0.29) is 0 Å². The lowest BCUT2D eigenvalue weighted by molar-refractivity contribution is 0.390. The van der Waals surface area contributed by atoms with E-state index in [9.17, 15) is 5.11 Å². The molecule has 4 nitrogen and oxygen atoms in total. The number of thiocarbonyl (C=S) groups is 1. The standard InChI is InChI=1S/C22H26N2O2S/c1-26-19-10-8-18(9-11-19)24(14-17-4-2-3-5-21(17)25)22(27)23-20-13-15-6-7-16(20)12-15/h2-5,8-11,15-16,20,25H,6-7,12-14H2,1H3,(H,23,27). The molecule has 2 bridgehead atoms. The first-order valence-electron chi connectivity index (χ1n) is 9.63. The molecule has 2 aromatic carbocycles. The fourth-order valence-electron chi connectivity index (χ4n) is 4.52. The van der Waals surface area contributed by atoms with E-state index in [0.717, 1.165) is 33.9 Å². The Morgan fingerprint density at radius 1 is 1.15 bits per heavy atom. The second-order valence-corrected chi connectivity index (χ2v) is 8.03. The molecule has 0 spiro atoms. The molecule has 0 saturated heterocycles. The van der Waals surface area contributed by atoms with Crippen LogP contribution in [-0.2, 0) is 6.54 Å². The van der Waals surface area contributed by atoms with Crippen molar-refractivity contribution in [3.8, 4) is 11.5 Å². The quantitative estimate of drug-likeness (QED) is 0.747. The van der Waals surface area contributed by atoms with Gasteiger partial charge in [-0.3, -0.25) is 0 Å². The minimum Gasteiger partial charge on any atom is -0.508 e. The molecular weight excluding hydrogens is 356 g/mol. The number of aromatic hydroxyl groups is 1. The summed E-state index contributed by atoms with van der Waals surface area (Å²) >= 11 is 5.82. The number of ether oxygens (including phenoxy) is 1. The highest BCUT2D eigenvalue weighted by atomic mass is 32.1. The first kappa shape index (κ1) is 18.1. The van der Waals surface area contributed by atoms with Gasteiger partial charge in [-0.2, -0.15) is 0 Å². The van der Waals surface area contributed by atoms with E-state index in [0.29, 0.717) is 18.3 Å². The van der Waals surface area contributed by atoms with Crippen molar-refractivity contribution >= 4 is 23.0 Å². The number of methoxy groups -OCH3 is 1. The molecule has 2 aliphatic rings. The van der Waals surface area contributed by atoms with Gasteiger partial charge in [-0.1, -0.05) is 24.6 Å². The zero-order valence-corrected chi connectivity index (χ0v) is 16.4. The molecule has 3 unspecified atom stereocenters. The number of anilines is 1. The van der Waals surface area contributed by atoms with Gasteiger partial charge in [0.2, 0.25) is 0 Å². The summed E-state index contributed by atoms with van der Waals surface area (Å²) in [6, 6.07) is 15.8. The third kappa shape index (κ3) is 3.88. The highest BCUT2D eigenvalue weighted by Gasteiger charge is 2.40. The van der Waals surface area contributed by atoms with Gasteiger partial charge in [0.25, 0.3) is 0 Å². The van der Waals surface area contributed by atoms with Crippen LogP contribution in [0.25, 0.3) is 0 Å². The summed E-state index contributed by atoms with van der Waals surface area (Å²) in [6.07, 6.45) is 5.24. The monoisotopic (exact) mass is 382 g/mol. The van der Waals surface area contributed by atoms with Gasteiger partial charge in [-0.15, -0.1) is 0 Å². The molecule has 2 aromatic rings. The molecule has 2 N–H and O–H groups in total. The normalized spacial score (nSPS) is 23.2. The number of nitrogens with one attached hydrogen (secondary N) is 1. The molecule has 0 amide bonds. The Morgan fingerprint density at radius 2 is 1.93 bits per heavy atom.